The van der Waals surface area contributed by atoms with Gasteiger partial charge >= 0.3 is 0 Å². The lowest BCUT2D eigenvalue weighted by atomic mass is 10.1. The van der Waals surface area contributed by atoms with Gasteiger partial charge in [-0.1, -0.05) is 30.7 Å². The number of hydrogen-bond acceptors (Lipinski definition) is 3. The Morgan fingerprint density at radius 2 is 2.05 bits per heavy atom. The highest BCUT2D eigenvalue weighted by Gasteiger charge is 2.17. The lowest BCUT2D eigenvalue weighted by molar-refractivity contribution is 0.414. The summed E-state index contributed by atoms with van der Waals surface area (Å²) in [7, 11) is 1.68. The molecule has 2 aromatic rings. The Balaban J connectivity index is 2.30. The number of rotatable bonds is 6. The van der Waals surface area contributed by atoms with Crippen molar-refractivity contribution in [1.29, 1.82) is 0 Å². The van der Waals surface area contributed by atoms with E-state index in [1.807, 2.05) is 18.2 Å². The van der Waals surface area contributed by atoms with Crippen molar-refractivity contribution in [3.05, 3.63) is 49.6 Å². The Morgan fingerprint density at radius 3 is 2.55 bits per heavy atom. The van der Waals surface area contributed by atoms with Crippen LogP contribution in [0.1, 0.15) is 29.8 Å². The molecule has 0 aliphatic rings. The molecule has 20 heavy (non-hydrogen) atoms. The highest BCUT2D eigenvalue weighted by atomic mass is 79.9. The van der Waals surface area contributed by atoms with Gasteiger partial charge in [0.15, 0.2) is 0 Å². The second-order valence-electron chi connectivity index (χ2n) is 4.43. The van der Waals surface area contributed by atoms with Crippen LogP contribution in [0, 0.1) is 0 Å². The normalized spacial score (nSPS) is 12.4. The van der Waals surface area contributed by atoms with Crippen LogP contribution in [-0.2, 0) is 0 Å². The minimum absolute atomic E-state index is 0.162. The number of hydrogen-bond donors (Lipinski definition) is 1. The number of ether oxygens (including phenoxy) is 1. The number of halogens is 2. The van der Waals surface area contributed by atoms with Crippen molar-refractivity contribution >= 4 is 38.9 Å². The van der Waals surface area contributed by atoms with E-state index in [9.17, 15) is 0 Å². The summed E-state index contributed by atoms with van der Waals surface area (Å²) in [6.07, 6.45) is 1.09. The maximum atomic E-state index is 6.16. The van der Waals surface area contributed by atoms with E-state index in [1.165, 1.54) is 10.4 Å². The average Bonchev–Trinajstić information content (AvgIpc) is 2.79. The third kappa shape index (κ3) is 3.76. The van der Waals surface area contributed by atoms with Crippen molar-refractivity contribution in [3.8, 4) is 5.75 Å². The van der Waals surface area contributed by atoms with Gasteiger partial charge in [0.1, 0.15) is 5.75 Å². The molecule has 1 heterocycles. The number of nitrogens with one attached hydrogen (secondary N) is 1. The fourth-order valence-electron chi connectivity index (χ4n) is 1.97. The first-order chi connectivity index (χ1) is 9.65. The smallest absolute Gasteiger partial charge is 0.118 e. The van der Waals surface area contributed by atoms with Crippen LogP contribution in [0.2, 0.25) is 5.02 Å². The molecule has 0 bridgehead atoms. The summed E-state index contributed by atoms with van der Waals surface area (Å²) in [6, 6.07) is 10.3. The molecular weight excluding hydrogens is 358 g/mol. The van der Waals surface area contributed by atoms with Crippen LogP contribution < -0.4 is 10.1 Å². The lowest BCUT2D eigenvalue weighted by Gasteiger charge is -2.18. The van der Waals surface area contributed by atoms with Crippen LogP contribution in [0.25, 0.3) is 0 Å². The molecule has 0 saturated heterocycles. The van der Waals surface area contributed by atoms with Gasteiger partial charge in [-0.15, -0.1) is 11.3 Å². The predicted octanol–water partition coefficient (Wildman–Crippen LogP) is 5.26. The third-order valence-electron chi connectivity index (χ3n) is 3.00. The summed E-state index contributed by atoms with van der Waals surface area (Å²) in [5, 5.41) is 4.34. The zero-order chi connectivity index (χ0) is 14.5. The maximum Gasteiger partial charge on any atom is 0.118 e. The van der Waals surface area contributed by atoms with Gasteiger partial charge in [0.05, 0.1) is 22.0 Å². The molecule has 0 amide bonds. The number of benzene rings is 1. The van der Waals surface area contributed by atoms with Gasteiger partial charge in [0.2, 0.25) is 0 Å². The SMILES string of the molecule is CCCNC(c1ccc(OC)cc1)c1cc(Cl)c(Br)s1. The lowest BCUT2D eigenvalue weighted by Crippen LogP contribution is -2.22. The van der Waals surface area contributed by atoms with Crippen molar-refractivity contribution < 1.29 is 4.74 Å². The second kappa shape index (κ2) is 7.46. The molecule has 2 rings (SSSR count). The topological polar surface area (TPSA) is 21.3 Å². The largest absolute Gasteiger partial charge is 0.497 e. The molecule has 108 valence electrons. The van der Waals surface area contributed by atoms with E-state index >= 15 is 0 Å². The molecule has 2 nitrogen and oxygen atoms in total. The first kappa shape index (κ1) is 15.8. The van der Waals surface area contributed by atoms with E-state index in [2.05, 4.69) is 40.3 Å². The fourth-order valence-corrected chi connectivity index (χ4v) is 3.82. The molecule has 1 aromatic carbocycles. The Kier molecular flexibility index (Phi) is 5.90. The monoisotopic (exact) mass is 373 g/mol. The molecule has 1 N–H and O–H groups in total. The van der Waals surface area contributed by atoms with Gasteiger partial charge in [0, 0.05) is 4.88 Å². The van der Waals surface area contributed by atoms with Crippen molar-refractivity contribution in [2.24, 2.45) is 0 Å². The third-order valence-corrected chi connectivity index (χ3v) is 5.54. The molecule has 1 atom stereocenters. The number of thiophene rings is 1. The van der Waals surface area contributed by atoms with Crippen molar-refractivity contribution in [3.63, 3.8) is 0 Å². The molecule has 0 spiro atoms. The highest BCUT2D eigenvalue weighted by molar-refractivity contribution is 9.11. The molecular formula is C15H17BrClNOS. The van der Waals surface area contributed by atoms with Crippen LogP contribution in [0.15, 0.2) is 34.1 Å². The highest BCUT2D eigenvalue weighted by Crippen LogP contribution is 2.37. The van der Waals surface area contributed by atoms with Crippen molar-refractivity contribution in [2.45, 2.75) is 19.4 Å². The second-order valence-corrected chi connectivity index (χ2v) is 7.24. The summed E-state index contributed by atoms with van der Waals surface area (Å²) < 4.78 is 6.19. The minimum atomic E-state index is 0.162. The Bertz CT molecular complexity index is 536. The van der Waals surface area contributed by atoms with Gasteiger partial charge in [-0.25, -0.2) is 0 Å². The first-order valence-electron chi connectivity index (χ1n) is 6.47. The van der Waals surface area contributed by atoms with E-state index in [0.29, 0.717) is 0 Å². The summed E-state index contributed by atoms with van der Waals surface area (Å²) >= 11 is 11.3. The summed E-state index contributed by atoms with van der Waals surface area (Å²) in [6.45, 7) is 3.12. The summed E-state index contributed by atoms with van der Waals surface area (Å²) in [4.78, 5) is 1.21. The quantitative estimate of drug-likeness (QED) is 0.744. The van der Waals surface area contributed by atoms with Gasteiger partial charge in [-0.3, -0.25) is 0 Å². The standard InChI is InChI=1S/C15H17BrClNOS/c1-3-8-18-14(13-9-12(17)15(16)20-13)10-4-6-11(19-2)7-5-10/h4-7,9,14,18H,3,8H2,1-2H3. The van der Waals surface area contributed by atoms with Crippen LogP contribution in [0.4, 0.5) is 0 Å². The first-order valence-corrected chi connectivity index (χ1v) is 8.46. The van der Waals surface area contributed by atoms with Crippen LogP contribution in [0.5, 0.6) is 5.75 Å². The minimum Gasteiger partial charge on any atom is -0.497 e. The van der Waals surface area contributed by atoms with Gasteiger partial charge < -0.3 is 10.1 Å². The van der Waals surface area contributed by atoms with E-state index in [1.54, 1.807) is 18.4 Å². The summed E-state index contributed by atoms with van der Waals surface area (Å²) in [5.74, 6) is 0.869. The van der Waals surface area contributed by atoms with Gasteiger partial charge in [-0.2, -0.15) is 0 Å². The molecule has 0 radical (unpaired) electrons. The zero-order valence-electron chi connectivity index (χ0n) is 11.5. The van der Waals surface area contributed by atoms with Gasteiger partial charge in [-0.05, 0) is 52.7 Å². The van der Waals surface area contributed by atoms with E-state index in [0.717, 1.165) is 27.5 Å². The molecule has 0 aliphatic carbocycles. The van der Waals surface area contributed by atoms with Crippen molar-refractivity contribution in [1.82, 2.24) is 5.32 Å². The predicted molar refractivity (Wildman–Crippen MR) is 90.2 cm³/mol. The van der Waals surface area contributed by atoms with Crippen LogP contribution >= 0.6 is 38.9 Å². The van der Waals surface area contributed by atoms with E-state index in [-0.39, 0.29) is 6.04 Å². The van der Waals surface area contributed by atoms with Crippen molar-refractivity contribution in [2.75, 3.05) is 13.7 Å². The van der Waals surface area contributed by atoms with Gasteiger partial charge in [0.25, 0.3) is 0 Å². The fraction of sp³-hybridized carbons (Fsp3) is 0.333. The van der Waals surface area contributed by atoms with E-state index < -0.39 is 0 Å². The molecule has 0 fully saturated rings. The molecule has 5 heteroatoms. The summed E-state index contributed by atoms with van der Waals surface area (Å²) in [5.41, 5.74) is 1.21. The Labute approximate surface area is 137 Å². The van der Waals surface area contributed by atoms with Crippen LogP contribution in [0.3, 0.4) is 0 Å². The Hall–Kier alpha value is -0.550. The van der Waals surface area contributed by atoms with E-state index in [4.69, 9.17) is 16.3 Å². The maximum absolute atomic E-state index is 6.16. The molecule has 0 saturated carbocycles. The number of methoxy groups -OCH3 is 1. The molecule has 1 aromatic heterocycles. The van der Waals surface area contributed by atoms with Crippen LogP contribution in [-0.4, -0.2) is 13.7 Å². The molecule has 1 unspecified atom stereocenters. The molecule has 0 aliphatic heterocycles. The zero-order valence-corrected chi connectivity index (χ0v) is 14.6. The average molecular weight is 375 g/mol. The Morgan fingerprint density at radius 1 is 1.35 bits per heavy atom.